The first-order chi connectivity index (χ1) is 7.54. The van der Waals surface area contributed by atoms with Crippen LogP contribution in [0, 0.1) is 0 Å². The minimum absolute atomic E-state index is 0.176. The van der Waals surface area contributed by atoms with Crippen LogP contribution in [0.2, 0.25) is 0 Å². The van der Waals surface area contributed by atoms with Crippen LogP contribution in [0.25, 0.3) is 0 Å². The van der Waals surface area contributed by atoms with Gasteiger partial charge in [0.15, 0.2) is 0 Å². The lowest BCUT2D eigenvalue weighted by Crippen LogP contribution is -2.45. The minimum Gasteiger partial charge on any atom is -0.344 e. The summed E-state index contributed by atoms with van der Waals surface area (Å²) >= 11 is 0. The number of nitrogens with zero attached hydrogens (tertiary/aromatic N) is 2. The molecular weight excluding hydrogens is 204 g/mol. The quantitative estimate of drug-likeness (QED) is 0.799. The molecule has 2 N–H and O–H groups in total. The fourth-order valence-corrected chi connectivity index (χ4v) is 1.31. The Morgan fingerprint density at radius 2 is 2.00 bits per heavy atom. The van der Waals surface area contributed by atoms with E-state index in [4.69, 9.17) is 0 Å². The molecular formula is C11H20N4O. The highest BCUT2D eigenvalue weighted by molar-refractivity contribution is 5.90. The molecule has 0 fully saturated rings. The first-order valence-corrected chi connectivity index (χ1v) is 5.78. The lowest BCUT2D eigenvalue weighted by Gasteiger charge is -2.27. The first kappa shape index (κ1) is 12.7. The number of carbonyl (C=O) groups is 1. The number of hydrogen-bond acceptors (Lipinski definition) is 3. The third kappa shape index (κ3) is 2.81. The normalized spacial score (nSPS) is 11.5. The summed E-state index contributed by atoms with van der Waals surface area (Å²) in [6.07, 6.45) is 2.53. The maximum Gasteiger partial charge on any atom is 0.291 e. The van der Waals surface area contributed by atoms with Gasteiger partial charge in [-0.2, -0.15) is 0 Å². The molecule has 90 valence electrons. The summed E-state index contributed by atoms with van der Waals surface area (Å²) in [6, 6.07) is 0. The summed E-state index contributed by atoms with van der Waals surface area (Å²) in [5.41, 5.74) is -0.176. The summed E-state index contributed by atoms with van der Waals surface area (Å²) in [4.78, 5) is 16.0. The van der Waals surface area contributed by atoms with E-state index in [0.29, 0.717) is 0 Å². The van der Waals surface area contributed by atoms with E-state index in [0.717, 1.165) is 25.1 Å². The number of aromatic nitrogens is 3. The second-order valence-electron chi connectivity index (χ2n) is 4.18. The molecule has 0 aliphatic carbocycles. The van der Waals surface area contributed by atoms with Gasteiger partial charge in [-0.1, -0.05) is 20.8 Å². The maximum absolute atomic E-state index is 11.9. The first-order valence-electron chi connectivity index (χ1n) is 5.78. The number of aryl methyl sites for hydroxylation is 1. The molecule has 0 spiro atoms. The molecule has 0 saturated heterocycles. The van der Waals surface area contributed by atoms with E-state index in [2.05, 4.69) is 34.3 Å². The zero-order valence-electron chi connectivity index (χ0n) is 10.4. The van der Waals surface area contributed by atoms with Gasteiger partial charge in [-0.25, -0.2) is 4.98 Å². The molecule has 1 aromatic heterocycles. The molecule has 5 nitrogen and oxygen atoms in total. The lowest BCUT2D eigenvalue weighted by molar-refractivity contribution is 0.0890. The zero-order chi connectivity index (χ0) is 12.2. The molecule has 0 aliphatic heterocycles. The van der Waals surface area contributed by atoms with Gasteiger partial charge in [0, 0.05) is 12.0 Å². The van der Waals surface area contributed by atoms with Crippen LogP contribution in [-0.2, 0) is 6.42 Å². The van der Waals surface area contributed by atoms with E-state index in [1.54, 1.807) is 0 Å². The number of amides is 1. The summed E-state index contributed by atoms with van der Waals surface area (Å²) in [5, 5.41) is 9.59. The van der Waals surface area contributed by atoms with E-state index in [9.17, 15) is 4.79 Å². The van der Waals surface area contributed by atoms with Crippen molar-refractivity contribution in [2.45, 2.75) is 52.5 Å². The highest BCUT2D eigenvalue weighted by atomic mass is 16.2. The molecule has 0 bridgehead atoms. The van der Waals surface area contributed by atoms with Crippen LogP contribution in [0.15, 0.2) is 0 Å². The van der Waals surface area contributed by atoms with Gasteiger partial charge >= 0.3 is 0 Å². The van der Waals surface area contributed by atoms with Crippen LogP contribution in [0.1, 0.15) is 57.0 Å². The molecule has 1 heterocycles. The van der Waals surface area contributed by atoms with E-state index < -0.39 is 0 Å². The number of carbonyl (C=O) groups excluding carboxylic acids is 1. The Kier molecular flexibility index (Phi) is 4.04. The Labute approximate surface area is 96.0 Å². The predicted molar refractivity (Wildman–Crippen MR) is 62.2 cm³/mol. The molecule has 0 aromatic carbocycles. The van der Waals surface area contributed by atoms with Crippen LogP contribution >= 0.6 is 0 Å². The molecule has 0 radical (unpaired) electrons. The van der Waals surface area contributed by atoms with Crippen LogP contribution in [-0.4, -0.2) is 26.6 Å². The topological polar surface area (TPSA) is 70.7 Å². The molecule has 0 saturated carbocycles. The number of H-pyrrole nitrogens is 1. The largest absolute Gasteiger partial charge is 0.344 e. The Morgan fingerprint density at radius 1 is 1.38 bits per heavy atom. The van der Waals surface area contributed by atoms with Gasteiger partial charge < -0.3 is 5.32 Å². The highest BCUT2D eigenvalue weighted by Crippen LogP contribution is 2.13. The van der Waals surface area contributed by atoms with Crippen molar-refractivity contribution in [2.75, 3.05) is 0 Å². The summed E-state index contributed by atoms with van der Waals surface area (Å²) in [7, 11) is 0. The van der Waals surface area contributed by atoms with Gasteiger partial charge in [-0.3, -0.25) is 9.89 Å². The summed E-state index contributed by atoms with van der Waals surface area (Å²) in [6.45, 7) is 8.10. The Hall–Kier alpha value is -1.39. The average molecular weight is 224 g/mol. The second kappa shape index (κ2) is 5.09. The third-order valence-electron chi connectivity index (χ3n) is 3.05. The smallest absolute Gasteiger partial charge is 0.291 e. The molecule has 16 heavy (non-hydrogen) atoms. The van der Waals surface area contributed by atoms with Gasteiger partial charge in [0.2, 0.25) is 5.82 Å². The van der Waals surface area contributed by atoms with Crippen LogP contribution in [0.4, 0.5) is 0 Å². The second-order valence-corrected chi connectivity index (χ2v) is 4.18. The lowest BCUT2D eigenvalue weighted by atomic mass is 9.95. The monoisotopic (exact) mass is 224 g/mol. The summed E-state index contributed by atoms with van der Waals surface area (Å²) < 4.78 is 0. The molecule has 0 aliphatic rings. The van der Waals surface area contributed by atoms with Crippen molar-refractivity contribution in [3.8, 4) is 0 Å². The highest BCUT2D eigenvalue weighted by Gasteiger charge is 2.24. The Morgan fingerprint density at radius 3 is 2.44 bits per heavy atom. The molecule has 1 aromatic rings. The van der Waals surface area contributed by atoms with Crippen molar-refractivity contribution in [1.29, 1.82) is 0 Å². The molecule has 0 unspecified atom stereocenters. The minimum atomic E-state index is -0.206. The third-order valence-corrected chi connectivity index (χ3v) is 3.05. The van der Waals surface area contributed by atoms with Crippen molar-refractivity contribution >= 4 is 5.91 Å². The Bertz CT molecular complexity index is 355. The average Bonchev–Trinajstić information content (AvgIpc) is 2.77. The van der Waals surface area contributed by atoms with E-state index in [-0.39, 0.29) is 17.3 Å². The van der Waals surface area contributed by atoms with Crippen molar-refractivity contribution in [3.05, 3.63) is 11.6 Å². The SMILES string of the molecule is CCc1nc(C(=O)NC(C)(CC)CC)n[nH]1. The van der Waals surface area contributed by atoms with Gasteiger partial charge in [0.25, 0.3) is 5.91 Å². The van der Waals surface area contributed by atoms with Gasteiger partial charge in [0.1, 0.15) is 5.82 Å². The molecule has 1 rings (SSSR count). The molecule has 0 atom stereocenters. The fourth-order valence-electron chi connectivity index (χ4n) is 1.31. The fraction of sp³-hybridized carbons (Fsp3) is 0.727. The summed E-state index contributed by atoms with van der Waals surface area (Å²) in [5.74, 6) is 0.756. The van der Waals surface area contributed by atoms with Gasteiger partial charge in [-0.05, 0) is 19.8 Å². The van der Waals surface area contributed by atoms with Gasteiger partial charge in [0.05, 0.1) is 0 Å². The van der Waals surface area contributed by atoms with Gasteiger partial charge in [-0.15, -0.1) is 5.10 Å². The van der Waals surface area contributed by atoms with Crippen molar-refractivity contribution in [1.82, 2.24) is 20.5 Å². The zero-order valence-corrected chi connectivity index (χ0v) is 10.4. The van der Waals surface area contributed by atoms with Crippen molar-refractivity contribution in [2.24, 2.45) is 0 Å². The number of aromatic amines is 1. The number of nitrogens with one attached hydrogen (secondary N) is 2. The van der Waals surface area contributed by atoms with Crippen LogP contribution in [0.5, 0.6) is 0 Å². The van der Waals surface area contributed by atoms with Crippen molar-refractivity contribution in [3.63, 3.8) is 0 Å². The number of rotatable bonds is 5. The predicted octanol–water partition coefficient (Wildman–Crippen LogP) is 1.68. The van der Waals surface area contributed by atoms with Crippen LogP contribution < -0.4 is 5.32 Å². The van der Waals surface area contributed by atoms with E-state index in [1.165, 1.54) is 0 Å². The van der Waals surface area contributed by atoms with E-state index >= 15 is 0 Å². The molecule has 1 amide bonds. The number of hydrogen-bond donors (Lipinski definition) is 2. The van der Waals surface area contributed by atoms with Crippen molar-refractivity contribution < 1.29 is 4.79 Å². The Balaban J connectivity index is 2.71. The molecule has 5 heteroatoms. The van der Waals surface area contributed by atoms with E-state index in [1.807, 2.05) is 13.8 Å². The standard InChI is InChI=1S/C11H20N4O/c1-5-8-12-9(15-14-8)10(16)13-11(4,6-2)7-3/h5-7H2,1-4H3,(H,13,16)(H,12,14,15). The van der Waals surface area contributed by atoms with Crippen LogP contribution in [0.3, 0.4) is 0 Å². The maximum atomic E-state index is 11.9.